The molecule has 1 aromatic carbocycles. The van der Waals surface area contributed by atoms with Crippen molar-refractivity contribution in [1.82, 2.24) is 14.9 Å². The third-order valence-corrected chi connectivity index (χ3v) is 2.30. The SMILES string of the molecule is Cc1n[nH]c(=S)n1/N=C\C#Cc1ccccc1. The molecular formula is C12H10N4S. The van der Waals surface area contributed by atoms with E-state index in [1.54, 1.807) is 0 Å². The van der Waals surface area contributed by atoms with Gasteiger partial charge in [0.15, 0.2) is 0 Å². The molecule has 0 saturated heterocycles. The quantitative estimate of drug-likeness (QED) is 0.473. The highest BCUT2D eigenvalue weighted by Gasteiger charge is 1.95. The van der Waals surface area contributed by atoms with Crippen molar-refractivity contribution in [2.45, 2.75) is 6.92 Å². The molecule has 0 fully saturated rings. The van der Waals surface area contributed by atoms with Crippen LogP contribution in [0.4, 0.5) is 0 Å². The molecule has 0 saturated carbocycles. The van der Waals surface area contributed by atoms with E-state index in [1.165, 1.54) is 10.9 Å². The summed E-state index contributed by atoms with van der Waals surface area (Å²) < 4.78 is 1.98. The number of rotatable bonds is 1. The van der Waals surface area contributed by atoms with Crippen molar-refractivity contribution in [1.29, 1.82) is 0 Å². The van der Waals surface area contributed by atoms with Crippen LogP contribution in [0.15, 0.2) is 35.4 Å². The van der Waals surface area contributed by atoms with Gasteiger partial charge in [-0.25, -0.2) is 0 Å². The lowest BCUT2D eigenvalue weighted by atomic mass is 10.2. The highest BCUT2D eigenvalue weighted by molar-refractivity contribution is 7.71. The summed E-state index contributed by atoms with van der Waals surface area (Å²) >= 11 is 5.00. The van der Waals surface area contributed by atoms with Gasteiger partial charge in [0.1, 0.15) is 5.82 Å². The first-order valence-electron chi connectivity index (χ1n) is 5.01. The van der Waals surface area contributed by atoms with E-state index in [9.17, 15) is 0 Å². The van der Waals surface area contributed by atoms with Crippen molar-refractivity contribution in [2.75, 3.05) is 0 Å². The van der Waals surface area contributed by atoms with Crippen LogP contribution in [0.25, 0.3) is 0 Å². The van der Waals surface area contributed by atoms with Gasteiger partial charge in [-0.15, -0.1) is 0 Å². The Bertz CT molecular complexity index is 640. The van der Waals surface area contributed by atoms with E-state index in [4.69, 9.17) is 12.2 Å². The lowest BCUT2D eigenvalue weighted by molar-refractivity contribution is 0.822. The molecule has 1 N–H and O–H groups in total. The highest BCUT2D eigenvalue weighted by Crippen LogP contribution is 1.95. The molecular weight excluding hydrogens is 232 g/mol. The molecule has 0 bridgehead atoms. The molecule has 2 aromatic rings. The van der Waals surface area contributed by atoms with Crippen LogP contribution in [0.5, 0.6) is 0 Å². The van der Waals surface area contributed by atoms with E-state index in [0.29, 0.717) is 10.6 Å². The molecule has 0 unspecified atom stereocenters. The lowest BCUT2D eigenvalue weighted by Crippen LogP contribution is -1.91. The van der Waals surface area contributed by atoms with Gasteiger partial charge in [-0.05, 0) is 37.2 Å². The van der Waals surface area contributed by atoms with Crippen molar-refractivity contribution < 1.29 is 0 Å². The number of hydrogen-bond donors (Lipinski definition) is 1. The molecule has 1 aromatic heterocycles. The van der Waals surface area contributed by atoms with Crippen LogP contribution in [0, 0.1) is 23.5 Å². The Hall–Kier alpha value is -2.19. The van der Waals surface area contributed by atoms with Crippen molar-refractivity contribution in [3.05, 3.63) is 46.5 Å². The first-order valence-corrected chi connectivity index (χ1v) is 5.41. The van der Waals surface area contributed by atoms with Gasteiger partial charge in [0, 0.05) is 5.56 Å². The second-order valence-corrected chi connectivity index (χ2v) is 3.65. The molecule has 5 heteroatoms. The number of aromatic nitrogens is 3. The van der Waals surface area contributed by atoms with Crippen LogP contribution in [-0.4, -0.2) is 21.1 Å². The van der Waals surface area contributed by atoms with Crippen LogP contribution in [0.2, 0.25) is 0 Å². The molecule has 0 aliphatic rings. The molecule has 0 aliphatic heterocycles. The minimum Gasteiger partial charge on any atom is -0.250 e. The highest BCUT2D eigenvalue weighted by atomic mass is 32.1. The zero-order valence-electron chi connectivity index (χ0n) is 9.21. The predicted molar refractivity (Wildman–Crippen MR) is 69.4 cm³/mol. The number of hydrogen-bond acceptors (Lipinski definition) is 3. The molecule has 17 heavy (non-hydrogen) atoms. The third-order valence-electron chi connectivity index (χ3n) is 2.04. The van der Waals surface area contributed by atoms with E-state index >= 15 is 0 Å². The molecule has 4 nitrogen and oxygen atoms in total. The topological polar surface area (TPSA) is 46.0 Å². The first-order chi connectivity index (χ1) is 8.27. The standard InChI is InChI=1S/C12H10N4S/c1-10-14-15-12(17)16(10)13-9-5-8-11-6-3-2-4-7-11/h2-4,6-7,9H,1H3,(H,15,17)/b13-9-. The van der Waals surface area contributed by atoms with Gasteiger partial charge in [0.05, 0.1) is 6.21 Å². The van der Waals surface area contributed by atoms with Gasteiger partial charge >= 0.3 is 0 Å². The number of nitrogens with zero attached hydrogens (tertiary/aromatic N) is 3. The maximum absolute atomic E-state index is 5.00. The van der Waals surface area contributed by atoms with E-state index in [1.807, 2.05) is 37.3 Å². The Balaban J connectivity index is 2.14. The van der Waals surface area contributed by atoms with Gasteiger partial charge in [0.25, 0.3) is 0 Å². The van der Waals surface area contributed by atoms with E-state index < -0.39 is 0 Å². The lowest BCUT2D eigenvalue weighted by Gasteiger charge is -1.90. The number of benzene rings is 1. The minimum absolute atomic E-state index is 0.459. The average Bonchev–Trinajstić information content (AvgIpc) is 2.67. The van der Waals surface area contributed by atoms with Crippen LogP contribution in [0.1, 0.15) is 11.4 Å². The largest absolute Gasteiger partial charge is 0.250 e. The molecule has 0 atom stereocenters. The monoisotopic (exact) mass is 242 g/mol. The van der Waals surface area contributed by atoms with Crippen molar-refractivity contribution in [2.24, 2.45) is 5.10 Å². The van der Waals surface area contributed by atoms with Crippen molar-refractivity contribution in [3.63, 3.8) is 0 Å². The fourth-order valence-electron chi connectivity index (χ4n) is 1.23. The summed E-state index contributed by atoms with van der Waals surface area (Å²) in [4.78, 5) is 0. The second-order valence-electron chi connectivity index (χ2n) is 3.27. The fraction of sp³-hybridized carbons (Fsp3) is 0.0833. The zero-order chi connectivity index (χ0) is 12.1. The second kappa shape index (κ2) is 5.23. The van der Waals surface area contributed by atoms with Gasteiger partial charge in [-0.2, -0.15) is 14.9 Å². The van der Waals surface area contributed by atoms with Gasteiger partial charge in [-0.1, -0.05) is 24.1 Å². The predicted octanol–water partition coefficient (Wildman–Crippen LogP) is 2.13. The molecule has 1 heterocycles. The summed E-state index contributed by atoms with van der Waals surface area (Å²) in [6.45, 7) is 1.81. The minimum atomic E-state index is 0.459. The Kier molecular flexibility index (Phi) is 3.48. The Morgan fingerprint density at radius 2 is 2.18 bits per heavy atom. The number of H-pyrrole nitrogens is 1. The van der Waals surface area contributed by atoms with Crippen molar-refractivity contribution in [3.8, 4) is 11.8 Å². The third kappa shape index (κ3) is 2.89. The summed E-state index contributed by atoms with van der Waals surface area (Å²) in [6, 6.07) is 9.72. The Morgan fingerprint density at radius 3 is 2.82 bits per heavy atom. The fourth-order valence-corrected chi connectivity index (χ4v) is 1.45. The molecule has 0 spiro atoms. The first kappa shape index (κ1) is 11.3. The maximum Gasteiger partial charge on any atom is 0.216 e. The summed E-state index contributed by atoms with van der Waals surface area (Å²) in [5.41, 5.74) is 0.950. The summed E-state index contributed by atoms with van der Waals surface area (Å²) in [7, 11) is 0. The molecule has 0 radical (unpaired) electrons. The number of nitrogens with one attached hydrogen (secondary N) is 1. The zero-order valence-corrected chi connectivity index (χ0v) is 10.0. The summed E-state index contributed by atoms with van der Waals surface area (Å²) in [5.74, 6) is 6.51. The molecule has 0 amide bonds. The van der Waals surface area contributed by atoms with Crippen LogP contribution < -0.4 is 0 Å². The maximum atomic E-state index is 5.00. The average molecular weight is 242 g/mol. The Morgan fingerprint density at radius 1 is 1.41 bits per heavy atom. The van der Waals surface area contributed by atoms with Gasteiger partial charge < -0.3 is 0 Å². The van der Waals surface area contributed by atoms with Crippen molar-refractivity contribution >= 4 is 18.4 Å². The summed E-state index contributed by atoms with van der Waals surface area (Å²) in [5, 5.41) is 10.7. The normalized spacial score (nSPS) is 10.2. The molecule has 84 valence electrons. The molecule has 0 aliphatic carbocycles. The van der Waals surface area contributed by atoms with E-state index in [-0.39, 0.29) is 0 Å². The van der Waals surface area contributed by atoms with E-state index in [2.05, 4.69) is 27.1 Å². The number of aryl methyl sites for hydroxylation is 1. The van der Waals surface area contributed by atoms with Gasteiger partial charge in [-0.3, -0.25) is 5.10 Å². The van der Waals surface area contributed by atoms with Crippen LogP contribution in [0.3, 0.4) is 0 Å². The molecule has 2 rings (SSSR count). The number of aromatic amines is 1. The van der Waals surface area contributed by atoms with Crippen LogP contribution in [-0.2, 0) is 0 Å². The Labute approximate surface area is 104 Å². The van der Waals surface area contributed by atoms with Crippen LogP contribution >= 0.6 is 12.2 Å². The summed E-state index contributed by atoms with van der Waals surface area (Å²) in [6.07, 6.45) is 1.51. The van der Waals surface area contributed by atoms with E-state index in [0.717, 1.165) is 5.56 Å². The van der Waals surface area contributed by atoms with Gasteiger partial charge in [0.2, 0.25) is 4.77 Å². The smallest absolute Gasteiger partial charge is 0.216 e.